The van der Waals surface area contributed by atoms with Gasteiger partial charge < -0.3 is 0 Å². The maximum atomic E-state index is 10.4. The second-order valence-corrected chi connectivity index (χ2v) is 2.00. The van der Waals surface area contributed by atoms with E-state index in [1.165, 1.54) is 12.2 Å². The van der Waals surface area contributed by atoms with E-state index in [1.807, 2.05) is 0 Å². The van der Waals surface area contributed by atoms with Crippen LogP contribution in [0.3, 0.4) is 0 Å². The number of imide groups is 1. The maximum absolute atomic E-state index is 10.4. The van der Waals surface area contributed by atoms with E-state index < -0.39 is 0 Å². The molecule has 2 amide bonds. The molecule has 8 heavy (non-hydrogen) atoms. The Balaban J connectivity index is 2.84. The van der Waals surface area contributed by atoms with Gasteiger partial charge in [-0.15, -0.1) is 0 Å². The predicted octanol–water partition coefficient (Wildman–Crippen LogP) is -0.627. The molecule has 0 aliphatic carbocycles. The third-order valence-corrected chi connectivity index (χ3v) is 1.46. The molecule has 0 aromatic rings. The Morgan fingerprint density at radius 3 is 1.75 bits per heavy atom. The van der Waals surface area contributed by atoms with E-state index in [4.69, 9.17) is 0 Å². The van der Waals surface area contributed by atoms with Crippen LogP contribution in [0.4, 0.5) is 0 Å². The van der Waals surface area contributed by atoms with Crippen LogP contribution < -0.4 is 0 Å². The van der Waals surface area contributed by atoms with Crippen molar-refractivity contribution in [1.82, 2.24) is 3.64 Å². The average Bonchev–Trinajstić information content (AvgIpc) is 1.98. The van der Waals surface area contributed by atoms with E-state index >= 15 is 0 Å². The zero-order chi connectivity index (χ0) is 6.15. The van der Waals surface area contributed by atoms with E-state index in [0.717, 1.165) is 3.64 Å². The molecule has 0 aromatic carbocycles. The second-order valence-electron chi connectivity index (χ2n) is 1.27. The van der Waals surface area contributed by atoms with Crippen molar-refractivity contribution in [3.8, 4) is 0 Å². The topological polar surface area (TPSA) is 37.4 Å². The fourth-order valence-corrected chi connectivity index (χ4v) is 0.620. The summed E-state index contributed by atoms with van der Waals surface area (Å²) in [4.78, 5) is 20.8. The summed E-state index contributed by atoms with van der Waals surface area (Å²) >= 11 is 2.21. The van der Waals surface area contributed by atoms with Crippen molar-refractivity contribution < 1.29 is 28.1 Å². The van der Waals surface area contributed by atoms with Crippen LogP contribution in [0.5, 0.6) is 0 Å². The first-order chi connectivity index (χ1) is 3.72. The van der Waals surface area contributed by atoms with Crippen molar-refractivity contribution in [2.45, 2.75) is 0 Å². The molecule has 0 fully saturated rings. The van der Waals surface area contributed by atoms with Gasteiger partial charge in [-0.2, -0.15) is 0 Å². The first kappa shape index (κ1) is 5.64. The number of rotatable bonds is 0. The minimum absolute atomic E-state index is 0.290. The predicted molar refractivity (Wildman–Crippen MR) is 21.0 cm³/mol. The molecule has 1 heterocycles. The Hall–Kier alpha value is -0.497. The van der Waals surface area contributed by atoms with Crippen molar-refractivity contribution in [1.29, 1.82) is 0 Å². The van der Waals surface area contributed by atoms with Gasteiger partial charge in [0.1, 0.15) is 0 Å². The van der Waals surface area contributed by atoms with Gasteiger partial charge in [-0.25, -0.2) is 0 Å². The number of amides is 2. The number of nitrogens with zero attached hydrogens (tertiary/aromatic N) is 1. The summed E-state index contributed by atoms with van der Waals surface area (Å²) in [5, 5.41) is 0. The van der Waals surface area contributed by atoms with Crippen molar-refractivity contribution in [2.75, 3.05) is 0 Å². The fourth-order valence-electron chi connectivity index (χ4n) is 0.375. The van der Waals surface area contributed by atoms with E-state index in [-0.39, 0.29) is 11.8 Å². The number of hydrogen-bond donors (Lipinski definition) is 0. The molecule has 3 nitrogen and oxygen atoms in total. The summed E-state index contributed by atoms with van der Waals surface area (Å²) in [5.74, 6) is -0.579. The molecule has 1 aliphatic heterocycles. The van der Waals surface area contributed by atoms with Gasteiger partial charge in [-0.3, -0.25) is 0 Å². The van der Waals surface area contributed by atoms with Crippen molar-refractivity contribution >= 4 is 11.8 Å². The molecule has 0 bridgehead atoms. The monoisotopic (exact) mass is 199 g/mol. The van der Waals surface area contributed by atoms with Gasteiger partial charge in [0.05, 0.1) is 0 Å². The van der Waals surface area contributed by atoms with Crippen LogP contribution >= 0.6 is 0 Å². The van der Waals surface area contributed by atoms with Crippen LogP contribution in [0.1, 0.15) is 0 Å². The molecule has 1 aliphatic rings. The van der Waals surface area contributed by atoms with Crippen LogP contribution in [0.25, 0.3) is 0 Å². The fraction of sp³-hybridized carbons (Fsp3) is 0. The molecule has 0 spiro atoms. The first-order valence-corrected chi connectivity index (χ1v) is 2.65. The Bertz CT molecular complexity index is 157. The Labute approximate surface area is 56.3 Å². The van der Waals surface area contributed by atoms with Crippen LogP contribution in [0.15, 0.2) is 12.2 Å². The van der Waals surface area contributed by atoms with E-state index in [9.17, 15) is 9.59 Å². The van der Waals surface area contributed by atoms with E-state index in [0.29, 0.717) is 0 Å². The van der Waals surface area contributed by atoms with Crippen molar-refractivity contribution in [2.24, 2.45) is 0 Å². The molecule has 0 radical (unpaired) electrons. The zero-order valence-corrected chi connectivity index (χ0v) is 5.39. The number of hydrogen-bond acceptors (Lipinski definition) is 2. The van der Waals surface area contributed by atoms with Gasteiger partial charge in [0.25, 0.3) is 0 Å². The summed E-state index contributed by atoms with van der Waals surface area (Å²) in [5.41, 5.74) is 0. The second kappa shape index (κ2) is 1.79. The van der Waals surface area contributed by atoms with Crippen LogP contribution in [0, 0.1) is 0 Å². The minimum atomic E-state index is -0.290. The van der Waals surface area contributed by atoms with Crippen molar-refractivity contribution in [3.63, 3.8) is 0 Å². The summed E-state index contributed by atoms with van der Waals surface area (Å²) in [6.07, 6.45) is 2.45. The molecule has 0 saturated heterocycles. The molecule has 44 valence electrons. The standard InChI is InChI=1S/C4H3NO2.Rh/c6-3-1-2-4(7)5-3;/h1-2H,(H,5,6,7);/q;+1/p-1. The van der Waals surface area contributed by atoms with Gasteiger partial charge in [-0.05, 0) is 0 Å². The van der Waals surface area contributed by atoms with Crippen LogP contribution in [0.2, 0.25) is 0 Å². The number of carbonyl (C=O) groups excluding carboxylic acids is 2. The molecule has 1 rings (SSSR count). The summed E-state index contributed by atoms with van der Waals surface area (Å²) in [6.45, 7) is 0. The van der Waals surface area contributed by atoms with Gasteiger partial charge in [0, 0.05) is 0 Å². The van der Waals surface area contributed by atoms with E-state index in [2.05, 4.69) is 18.5 Å². The summed E-state index contributed by atoms with van der Waals surface area (Å²) in [7, 11) is 0. The normalized spacial score (nSPS) is 18.5. The van der Waals surface area contributed by atoms with Crippen LogP contribution in [-0.4, -0.2) is 15.5 Å². The molecule has 0 aromatic heterocycles. The quantitative estimate of drug-likeness (QED) is 0.385. The molecule has 0 saturated carbocycles. The molecule has 0 N–H and O–H groups in total. The van der Waals surface area contributed by atoms with Gasteiger partial charge in [0.15, 0.2) is 0 Å². The third kappa shape index (κ3) is 0.714. The Kier molecular flexibility index (Phi) is 1.26. The average molecular weight is 199 g/mol. The molecule has 4 heteroatoms. The molecular weight excluding hydrogens is 197 g/mol. The van der Waals surface area contributed by atoms with Gasteiger partial charge in [-0.1, -0.05) is 0 Å². The zero-order valence-electron chi connectivity index (χ0n) is 3.75. The SMILES string of the molecule is O=C1C=CC(=O)[N]1[Rh]. The summed E-state index contributed by atoms with van der Waals surface area (Å²) < 4.78 is 0.946. The Morgan fingerprint density at radius 1 is 1.25 bits per heavy atom. The molecule has 0 unspecified atom stereocenters. The number of carbonyl (C=O) groups is 2. The summed E-state index contributed by atoms with van der Waals surface area (Å²) in [6, 6.07) is 0. The van der Waals surface area contributed by atoms with Crippen LogP contribution in [-0.2, 0) is 28.1 Å². The molecular formula is C4H2NO2Rh. The van der Waals surface area contributed by atoms with Gasteiger partial charge >= 0.3 is 55.7 Å². The molecule has 0 atom stereocenters. The third-order valence-electron chi connectivity index (χ3n) is 0.736. The first-order valence-electron chi connectivity index (χ1n) is 1.92. The van der Waals surface area contributed by atoms with Crippen molar-refractivity contribution in [3.05, 3.63) is 12.2 Å². The van der Waals surface area contributed by atoms with E-state index in [1.54, 1.807) is 0 Å². The van der Waals surface area contributed by atoms with Gasteiger partial charge in [0.2, 0.25) is 0 Å². The Morgan fingerprint density at radius 2 is 1.62 bits per heavy atom.